The standard InChI is InChI=1S/C15H17ClN2O2/c1-20-14-6-2-5-13(16)12(14)10-15(19)18-9-7-11-4-3-8-17-11/h2-6,8,17H,7,9-10H2,1H3,(H,18,19). The van der Waals surface area contributed by atoms with E-state index >= 15 is 0 Å². The molecule has 0 aliphatic carbocycles. The van der Waals surface area contributed by atoms with Gasteiger partial charge in [-0.3, -0.25) is 4.79 Å². The predicted molar refractivity (Wildman–Crippen MR) is 79.2 cm³/mol. The highest BCUT2D eigenvalue weighted by Gasteiger charge is 2.12. The van der Waals surface area contributed by atoms with E-state index in [0.717, 1.165) is 12.1 Å². The molecule has 4 nitrogen and oxygen atoms in total. The van der Waals surface area contributed by atoms with Crippen LogP contribution >= 0.6 is 11.6 Å². The lowest BCUT2D eigenvalue weighted by molar-refractivity contribution is -0.120. The molecule has 0 saturated heterocycles. The molecule has 5 heteroatoms. The van der Waals surface area contributed by atoms with Gasteiger partial charge in [-0.25, -0.2) is 0 Å². The van der Waals surface area contributed by atoms with Gasteiger partial charge in [0.25, 0.3) is 0 Å². The first-order valence-corrected chi connectivity index (χ1v) is 6.79. The van der Waals surface area contributed by atoms with Crippen LogP contribution in [0.5, 0.6) is 5.75 Å². The molecule has 0 aliphatic rings. The smallest absolute Gasteiger partial charge is 0.224 e. The monoisotopic (exact) mass is 292 g/mol. The van der Waals surface area contributed by atoms with E-state index in [1.807, 2.05) is 18.3 Å². The maximum absolute atomic E-state index is 11.9. The molecule has 1 amide bonds. The highest BCUT2D eigenvalue weighted by molar-refractivity contribution is 6.31. The molecule has 106 valence electrons. The summed E-state index contributed by atoms with van der Waals surface area (Å²) in [5.74, 6) is 0.569. The summed E-state index contributed by atoms with van der Waals surface area (Å²) < 4.78 is 5.22. The highest BCUT2D eigenvalue weighted by Crippen LogP contribution is 2.26. The number of aromatic amines is 1. The van der Waals surface area contributed by atoms with E-state index in [1.54, 1.807) is 25.3 Å². The average Bonchev–Trinajstić information content (AvgIpc) is 2.94. The third-order valence-electron chi connectivity index (χ3n) is 3.01. The first kappa shape index (κ1) is 14.5. The van der Waals surface area contributed by atoms with Crippen molar-refractivity contribution in [2.24, 2.45) is 0 Å². The fraction of sp³-hybridized carbons (Fsp3) is 0.267. The van der Waals surface area contributed by atoms with Crippen molar-refractivity contribution in [3.05, 3.63) is 52.8 Å². The molecule has 0 atom stereocenters. The van der Waals surface area contributed by atoms with Crippen LogP contribution in [0.3, 0.4) is 0 Å². The molecule has 0 fully saturated rings. The van der Waals surface area contributed by atoms with Crippen LogP contribution in [0.2, 0.25) is 5.02 Å². The molecular weight excluding hydrogens is 276 g/mol. The van der Waals surface area contributed by atoms with E-state index in [0.29, 0.717) is 22.9 Å². The van der Waals surface area contributed by atoms with Crippen molar-refractivity contribution in [1.29, 1.82) is 0 Å². The number of rotatable bonds is 6. The average molecular weight is 293 g/mol. The number of nitrogens with one attached hydrogen (secondary N) is 2. The van der Waals surface area contributed by atoms with Crippen LogP contribution < -0.4 is 10.1 Å². The third kappa shape index (κ3) is 3.78. The van der Waals surface area contributed by atoms with Crippen LogP contribution in [0, 0.1) is 0 Å². The first-order valence-electron chi connectivity index (χ1n) is 6.41. The van der Waals surface area contributed by atoms with Crippen molar-refractivity contribution < 1.29 is 9.53 Å². The van der Waals surface area contributed by atoms with Gasteiger partial charge in [-0.2, -0.15) is 0 Å². The Morgan fingerprint density at radius 1 is 1.35 bits per heavy atom. The molecule has 0 saturated carbocycles. The largest absolute Gasteiger partial charge is 0.496 e. The number of aromatic nitrogens is 1. The van der Waals surface area contributed by atoms with Crippen LogP contribution in [-0.2, 0) is 17.6 Å². The van der Waals surface area contributed by atoms with Crippen molar-refractivity contribution in [2.75, 3.05) is 13.7 Å². The molecular formula is C15H17ClN2O2. The minimum Gasteiger partial charge on any atom is -0.496 e. The number of halogens is 1. The topological polar surface area (TPSA) is 54.1 Å². The van der Waals surface area contributed by atoms with Crippen molar-refractivity contribution in [2.45, 2.75) is 12.8 Å². The normalized spacial score (nSPS) is 10.3. The Balaban J connectivity index is 1.88. The molecule has 1 aromatic heterocycles. The molecule has 0 radical (unpaired) electrons. The predicted octanol–water partition coefficient (Wildman–Crippen LogP) is 2.58. The molecule has 20 heavy (non-hydrogen) atoms. The number of carbonyl (C=O) groups excluding carboxylic acids is 1. The lowest BCUT2D eigenvalue weighted by Gasteiger charge is -2.10. The van der Waals surface area contributed by atoms with Crippen molar-refractivity contribution in [3.63, 3.8) is 0 Å². The SMILES string of the molecule is COc1cccc(Cl)c1CC(=O)NCCc1ccc[nH]1. The molecule has 0 bridgehead atoms. The summed E-state index contributed by atoms with van der Waals surface area (Å²) in [5, 5.41) is 3.42. The molecule has 2 aromatic rings. The number of amides is 1. The summed E-state index contributed by atoms with van der Waals surface area (Å²) in [6.07, 6.45) is 2.86. The van der Waals surface area contributed by atoms with E-state index in [1.165, 1.54) is 0 Å². The number of H-pyrrole nitrogens is 1. The zero-order chi connectivity index (χ0) is 14.4. The first-order chi connectivity index (χ1) is 9.70. The third-order valence-corrected chi connectivity index (χ3v) is 3.37. The van der Waals surface area contributed by atoms with Gasteiger partial charge in [-0.05, 0) is 24.3 Å². The van der Waals surface area contributed by atoms with Crippen molar-refractivity contribution in [3.8, 4) is 5.75 Å². The molecule has 2 N–H and O–H groups in total. The highest BCUT2D eigenvalue weighted by atomic mass is 35.5. The van der Waals surface area contributed by atoms with Gasteiger partial charge in [0.1, 0.15) is 5.75 Å². The van der Waals surface area contributed by atoms with E-state index in [2.05, 4.69) is 10.3 Å². The van der Waals surface area contributed by atoms with Crippen LogP contribution in [0.1, 0.15) is 11.3 Å². The zero-order valence-corrected chi connectivity index (χ0v) is 12.0. The molecule has 0 unspecified atom stereocenters. The van der Waals surface area contributed by atoms with Gasteiger partial charge in [0.2, 0.25) is 5.91 Å². The summed E-state index contributed by atoms with van der Waals surface area (Å²) in [7, 11) is 1.57. The molecule has 2 rings (SSSR count). The summed E-state index contributed by atoms with van der Waals surface area (Å²) >= 11 is 6.10. The number of benzene rings is 1. The number of methoxy groups -OCH3 is 1. The molecule has 1 heterocycles. The minimum absolute atomic E-state index is 0.0667. The second-order valence-electron chi connectivity index (χ2n) is 4.39. The quantitative estimate of drug-likeness (QED) is 0.860. The Morgan fingerprint density at radius 2 is 2.20 bits per heavy atom. The second kappa shape index (κ2) is 7.01. The van der Waals surface area contributed by atoms with Crippen molar-refractivity contribution in [1.82, 2.24) is 10.3 Å². The van der Waals surface area contributed by atoms with Gasteiger partial charge in [-0.15, -0.1) is 0 Å². The number of hydrogen-bond acceptors (Lipinski definition) is 2. The summed E-state index contributed by atoms with van der Waals surface area (Å²) in [5.41, 5.74) is 1.81. The molecule has 1 aromatic carbocycles. The summed E-state index contributed by atoms with van der Waals surface area (Å²) in [6.45, 7) is 0.589. The van der Waals surface area contributed by atoms with Gasteiger partial charge in [0.15, 0.2) is 0 Å². The lowest BCUT2D eigenvalue weighted by atomic mass is 10.1. The van der Waals surface area contributed by atoms with Crippen molar-refractivity contribution >= 4 is 17.5 Å². The summed E-state index contributed by atoms with van der Waals surface area (Å²) in [4.78, 5) is 15.0. The van der Waals surface area contributed by atoms with E-state index in [9.17, 15) is 4.79 Å². The molecule has 0 aliphatic heterocycles. The van der Waals surface area contributed by atoms with Crippen LogP contribution in [-0.4, -0.2) is 24.5 Å². The van der Waals surface area contributed by atoms with Crippen LogP contribution in [0.4, 0.5) is 0 Å². The van der Waals surface area contributed by atoms with Crippen LogP contribution in [0.15, 0.2) is 36.5 Å². The zero-order valence-electron chi connectivity index (χ0n) is 11.3. The van der Waals surface area contributed by atoms with Gasteiger partial charge in [-0.1, -0.05) is 17.7 Å². The number of carbonyl (C=O) groups is 1. The van der Waals surface area contributed by atoms with E-state index in [4.69, 9.17) is 16.3 Å². The fourth-order valence-electron chi connectivity index (χ4n) is 1.98. The molecule has 0 spiro atoms. The number of hydrogen-bond donors (Lipinski definition) is 2. The van der Waals surface area contributed by atoms with Crippen LogP contribution in [0.25, 0.3) is 0 Å². The Bertz CT molecular complexity index is 567. The summed E-state index contributed by atoms with van der Waals surface area (Å²) in [6, 6.07) is 9.28. The Kier molecular flexibility index (Phi) is 5.07. The fourth-order valence-corrected chi connectivity index (χ4v) is 2.22. The lowest BCUT2D eigenvalue weighted by Crippen LogP contribution is -2.27. The van der Waals surface area contributed by atoms with Gasteiger partial charge in [0.05, 0.1) is 13.5 Å². The van der Waals surface area contributed by atoms with E-state index in [-0.39, 0.29) is 12.3 Å². The number of ether oxygens (including phenoxy) is 1. The van der Waals surface area contributed by atoms with Gasteiger partial charge < -0.3 is 15.0 Å². The Morgan fingerprint density at radius 3 is 2.90 bits per heavy atom. The maximum Gasteiger partial charge on any atom is 0.224 e. The second-order valence-corrected chi connectivity index (χ2v) is 4.80. The van der Waals surface area contributed by atoms with E-state index < -0.39 is 0 Å². The Labute approximate surface area is 123 Å². The van der Waals surface area contributed by atoms with Gasteiger partial charge >= 0.3 is 0 Å². The Hall–Kier alpha value is -1.94. The maximum atomic E-state index is 11.9. The minimum atomic E-state index is -0.0667. The van der Waals surface area contributed by atoms with Gasteiger partial charge in [0, 0.05) is 35.4 Å².